The van der Waals surface area contributed by atoms with E-state index < -0.39 is 17.7 Å². The first kappa shape index (κ1) is 25.5. The fraction of sp³-hybridized carbons (Fsp3) is 0.519. The van der Waals surface area contributed by atoms with Crippen molar-refractivity contribution in [2.75, 3.05) is 32.8 Å². The first-order valence-corrected chi connectivity index (χ1v) is 12.4. The molecule has 0 radical (unpaired) electrons. The van der Waals surface area contributed by atoms with E-state index in [2.05, 4.69) is 22.3 Å². The quantitative estimate of drug-likeness (QED) is 0.518. The molecule has 0 saturated carbocycles. The summed E-state index contributed by atoms with van der Waals surface area (Å²) in [6.07, 6.45) is 2.99. The molecule has 2 saturated heterocycles. The highest BCUT2D eigenvalue weighted by molar-refractivity contribution is 5.81. The molecule has 190 valence electrons. The smallest absolute Gasteiger partial charge is 0.262 e. The highest BCUT2D eigenvalue weighted by Crippen LogP contribution is 2.20. The monoisotopic (exact) mass is 488 g/mol. The molecule has 6 nitrogen and oxygen atoms in total. The topological polar surface area (TPSA) is 60.0 Å². The van der Waals surface area contributed by atoms with Crippen LogP contribution in [0.2, 0.25) is 0 Å². The summed E-state index contributed by atoms with van der Waals surface area (Å²) in [5, 5.41) is 2.93. The molecule has 1 N–H and O–H groups in total. The lowest BCUT2D eigenvalue weighted by atomic mass is 10.1. The summed E-state index contributed by atoms with van der Waals surface area (Å²) in [5.74, 6) is -2.19. The summed E-state index contributed by atoms with van der Waals surface area (Å²) in [7, 11) is 0. The van der Waals surface area contributed by atoms with Gasteiger partial charge in [-0.3, -0.25) is 9.69 Å². The molecule has 1 amide bonds. The van der Waals surface area contributed by atoms with Crippen molar-refractivity contribution < 1.29 is 27.8 Å². The fourth-order valence-electron chi connectivity index (χ4n) is 4.60. The van der Waals surface area contributed by atoms with E-state index >= 15 is 0 Å². The zero-order chi connectivity index (χ0) is 24.6. The second-order valence-electron chi connectivity index (χ2n) is 9.38. The maximum Gasteiger partial charge on any atom is 0.262 e. The molecule has 3 unspecified atom stereocenters. The van der Waals surface area contributed by atoms with Crippen LogP contribution in [0.25, 0.3) is 0 Å². The van der Waals surface area contributed by atoms with Gasteiger partial charge in [-0.1, -0.05) is 29.8 Å². The lowest BCUT2D eigenvalue weighted by molar-refractivity contribution is -0.129. The van der Waals surface area contributed by atoms with Crippen LogP contribution in [0.5, 0.6) is 5.75 Å². The Morgan fingerprint density at radius 2 is 1.86 bits per heavy atom. The summed E-state index contributed by atoms with van der Waals surface area (Å²) < 4.78 is 44.7. The number of carbonyl (C=O) groups excluding carboxylic acids is 1. The number of nitrogens with one attached hydrogen (secondary N) is 1. The molecule has 8 heteroatoms. The third kappa shape index (κ3) is 7.72. The Morgan fingerprint density at radius 3 is 2.54 bits per heavy atom. The van der Waals surface area contributed by atoms with Gasteiger partial charge in [0.15, 0.2) is 17.7 Å². The van der Waals surface area contributed by atoms with Crippen LogP contribution in [-0.2, 0) is 20.8 Å². The van der Waals surface area contributed by atoms with Crippen molar-refractivity contribution in [2.24, 2.45) is 0 Å². The molecule has 0 aliphatic carbocycles. The summed E-state index contributed by atoms with van der Waals surface area (Å²) in [6, 6.07) is 11.5. The van der Waals surface area contributed by atoms with Gasteiger partial charge in [0.25, 0.3) is 5.91 Å². The predicted octanol–water partition coefficient (Wildman–Crippen LogP) is 4.00. The molecule has 2 aromatic carbocycles. The number of ether oxygens (including phenoxy) is 3. The van der Waals surface area contributed by atoms with Crippen LogP contribution in [0.4, 0.5) is 8.78 Å². The third-order valence-corrected chi connectivity index (χ3v) is 6.39. The van der Waals surface area contributed by atoms with Crippen molar-refractivity contribution >= 4 is 5.91 Å². The van der Waals surface area contributed by atoms with Crippen molar-refractivity contribution in [1.29, 1.82) is 0 Å². The molecular weight excluding hydrogens is 454 g/mol. The van der Waals surface area contributed by atoms with Crippen LogP contribution in [0, 0.1) is 18.6 Å². The lowest BCUT2D eigenvalue weighted by Crippen LogP contribution is -2.48. The number of halogens is 2. The van der Waals surface area contributed by atoms with Gasteiger partial charge < -0.3 is 19.5 Å². The fourth-order valence-corrected chi connectivity index (χ4v) is 4.60. The SMILES string of the molecule is Cc1cccc(CN(CC2CCCO2)CC(Oc2ccc(F)c(F)c2)C(=O)NCC2CCCO2)c1. The van der Waals surface area contributed by atoms with Crippen LogP contribution in [0.1, 0.15) is 36.8 Å². The summed E-state index contributed by atoms with van der Waals surface area (Å²) in [5.41, 5.74) is 2.28. The number of benzene rings is 2. The van der Waals surface area contributed by atoms with E-state index in [0.29, 0.717) is 26.2 Å². The van der Waals surface area contributed by atoms with Gasteiger partial charge >= 0.3 is 0 Å². The first-order chi connectivity index (χ1) is 17.0. The van der Waals surface area contributed by atoms with E-state index in [9.17, 15) is 13.6 Å². The molecule has 2 aliphatic rings. The van der Waals surface area contributed by atoms with Gasteiger partial charge in [0.05, 0.1) is 12.2 Å². The summed E-state index contributed by atoms with van der Waals surface area (Å²) in [4.78, 5) is 15.4. The zero-order valence-corrected chi connectivity index (χ0v) is 20.2. The number of carbonyl (C=O) groups is 1. The van der Waals surface area contributed by atoms with Crippen LogP contribution in [0.3, 0.4) is 0 Å². The van der Waals surface area contributed by atoms with Crippen LogP contribution < -0.4 is 10.1 Å². The van der Waals surface area contributed by atoms with Gasteiger partial charge in [0.1, 0.15) is 5.75 Å². The average Bonchev–Trinajstić information content (AvgIpc) is 3.54. The number of hydrogen-bond donors (Lipinski definition) is 1. The van der Waals surface area contributed by atoms with Gasteiger partial charge in [0, 0.05) is 45.5 Å². The van der Waals surface area contributed by atoms with Crippen molar-refractivity contribution in [3.63, 3.8) is 0 Å². The number of amides is 1. The molecule has 2 fully saturated rings. The lowest BCUT2D eigenvalue weighted by Gasteiger charge is -2.29. The van der Waals surface area contributed by atoms with Crippen LogP contribution in [0.15, 0.2) is 42.5 Å². The molecule has 35 heavy (non-hydrogen) atoms. The van der Waals surface area contributed by atoms with Gasteiger partial charge in [0.2, 0.25) is 0 Å². The Balaban J connectivity index is 1.50. The summed E-state index contributed by atoms with van der Waals surface area (Å²) in [6.45, 7) is 5.38. The Labute approximate surface area is 205 Å². The molecular formula is C27H34F2N2O4. The molecule has 2 heterocycles. The van der Waals surface area contributed by atoms with Crippen molar-refractivity contribution in [1.82, 2.24) is 10.2 Å². The summed E-state index contributed by atoms with van der Waals surface area (Å²) >= 11 is 0. The van der Waals surface area contributed by atoms with E-state index in [1.54, 1.807) is 0 Å². The maximum absolute atomic E-state index is 13.8. The molecule has 0 spiro atoms. The molecule has 0 bridgehead atoms. The predicted molar refractivity (Wildman–Crippen MR) is 128 cm³/mol. The largest absolute Gasteiger partial charge is 0.479 e. The molecule has 2 aliphatic heterocycles. The molecule has 2 aromatic rings. The third-order valence-electron chi connectivity index (χ3n) is 6.39. The Bertz CT molecular complexity index is 977. The van der Waals surface area contributed by atoms with Gasteiger partial charge in [-0.15, -0.1) is 0 Å². The van der Waals surface area contributed by atoms with Crippen molar-refractivity contribution in [3.05, 3.63) is 65.2 Å². The van der Waals surface area contributed by atoms with Gasteiger partial charge in [-0.25, -0.2) is 8.78 Å². The van der Waals surface area contributed by atoms with E-state index in [1.807, 2.05) is 19.1 Å². The molecule has 4 rings (SSSR count). The minimum atomic E-state index is -1.02. The average molecular weight is 489 g/mol. The van der Waals surface area contributed by atoms with E-state index in [1.165, 1.54) is 6.07 Å². The van der Waals surface area contributed by atoms with Crippen molar-refractivity contribution in [2.45, 2.75) is 57.5 Å². The van der Waals surface area contributed by atoms with E-state index in [0.717, 1.165) is 55.5 Å². The number of nitrogens with zero attached hydrogens (tertiary/aromatic N) is 1. The van der Waals surface area contributed by atoms with Crippen LogP contribution in [-0.4, -0.2) is 62.0 Å². The first-order valence-electron chi connectivity index (χ1n) is 12.4. The van der Waals surface area contributed by atoms with Gasteiger partial charge in [-0.05, 0) is 50.3 Å². The maximum atomic E-state index is 13.8. The van der Waals surface area contributed by atoms with Crippen LogP contribution >= 0.6 is 0 Å². The Morgan fingerprint density at radius 1 is 1.09 bits per heavy atom. The minimum Gasteiger partial charge on any atom is -0.479 e. The van der Waals surface area contributed by atoms with E-state index in [4.69, 9.17) is 14.2 Å². The molecule has 0 aromatic heterocycles. The Kier molecular flexibility index (Phi) is 9.06. The number of hydrogen-bond acceptors (Lipinski definition) is 5. The minimum absolute atomic E-state index is 0.0156. The molecule has 3 atom stereocenters. The number of aryl methyl sites for hydroxylation is 1. The highest BCUT2D eigenvalue weighted by Gasteiger charge is 2.28. The second kappa shape index (κ2) is 12.4. The number of rotatable bonds is 11. The zero-order valence-electron chi connectivity index (χ0n) is 20.2. The van der Waals surface area contributed by atoms with Crippen molar-refractivity contribution in [3.8, 4) is 5.75 Å². The Hall–Kier alpha value is -2.55. The standard InChI is InChI=1S/C27H34F2N2O4/c1-19-5-2-6-20(13-19)16-31(17-23-8-4-12-34-23)18-26(27(32)30-15-22-7-3-11-33-22)35-21-9-10-24(28)25(29)14-21/h2,5-6,9-10,13-14,22-23,26H,3-4,7-8,11-12,15-18H2,1H3,(H,30,32). The normalized spacial score (nSPS) is 20.8. The second-order valence-corrected chi connectivity index (χ2v) is 9.38. The highest BCUT2D eigenvalue weighted by atomic mass is 19.2. The van der Waals surface area contributed by atoms with E-state index in [-0.39, 0.29) is 30.4 Å². The van der Waals surface area contributed by atoms with Gasteiger partial charge in [-0.2, -0.15) is 0 Å².